The van der Waals surface area contributed by atoms with Crippen LogP contribution in [0.2, 0.25) is 0 Å². The lowest BCUT2D eigenvalue weighted by Crippen LogP contribution is -2.14. The van der Waals surface area contributed by atoms with E-state index >= 15 is 0 Å². The van der Waals surface area contributed by atoms with Crippen molar-refractivity contribution in [2.75, 3.05) is 0 Å². The molecule has 0 unspecified atom stereocenters. The summed E-state index contributed by atoms with van der Waals surface area (Å²) in [6.07, 6.45) is 14.4. The summed E-state index contributed by atoms with van der Waals surface area (Å²) < 4.78 is 5.80. The average molecular weight is 150 g/mol. The lowest BCUT2D eigenvalue weighted by atomic mass is 10.3. The van der Waals surface area contributed by atoms with E-state index in [1.807, 2.05) is 0 Å². The van der Waals surface area contributed by atoms with E-state index < -0.39 is 0 Å². The molecule has 0 heterocycles. The Morgan fingerprint density at radius 3 is 1.82 bits per heavy atom. The lowest BCUT2D eigenvalue weighted by Gasteiger charge is -2.14. The van der Waals surface area contributed by atoms with Gasteiger partial charge in [0, 0.05) is 0 Å². The van der Waals surface area contributed by atoms with Crippen LogP contribution in [0.3, 0.4) is 0 Å². The maximum atomic E-state index is 5.80. The molecule has 2 aliphatic carbocycles. The summed E-state index contributed by atoms with van der Waals surface area (Å²) in [5.41, 5.74) is 0. The summed E-state index contributed by atoms with van der Waals surface area (Å²) >= 11 is 0. The Morgan fingerprint density at radius 1 is 0.909 bits per heavy atom. The van der Waals surface area contributed by atoms with Gasteiger partial charge in [-0.3, -0.25) is 0 Å². The summed E-state index contributed by atoms with van der Waals surface area (Å²) in [6, 6.07) is 0. The molecule has 2 rings (SSSR count). The molecule has 2 atom stereocenters. The fraction of sp³-hybridized carbons (Fsp3) is 0.600. The molecule has 0 N–H and O–H groups in total. The van der Waals surface area contributed by atoms with E-state index in [0.717, 1.165) is 0 Å². The lowest BCUT2D eigenvalue weighted by molar-refractivity contribution is 0.0419. The Kier molecular flexibility index (Phi) is 2.08. The molecule has 0 aromatic rings. The van der Waals surface area contributed by atoms with Crippen molar-refractivity contribution in [3.63, 3.8) is 0 Å². The van der Waals surface area contributed by atoms with Crippen LogP contribution in [0.25, 0.3) is 0 Å². The van der Waals surface area contributed by atoms with Crippen LogP contribution in [-0.2, 0) is 4.74 Å². The molecule has 0 saturated carbocycles. The van der Waals surface area contributed by atoms with Crippen LogP contribution in [0.5, 0.6) is 0 Å². The zero-order chi connectivity index (χ0) is 7.52. The molecule has 60 valence electrons. The minimum atomic E-state index is 0.405. The molecule has 0 radical (unpaired) electrons. The summed E-state index contributed by atoms with van der Waals surface area (Å²) in [5.74, 6) is 0. The van der Waals surface area contributed by atoms with Crippen molar-refractivity contribution in [3.05, 3.63) is 24.3 Å². The monoisotopic (exact) mass is 150 g/mol. The number of ether oxygens (including phenoxy) is 1. The van der Waals surface area contributed by atoms with E-state index in [9.17, 15) is 0 Å². The molecule has 0 fully saturated rings. The first kappa shape index (κ1) is 7.11. The fourth-order valence-electron chi connectivity index (χ4n) is 1.66. The predicted molar refractivity (Wildman–Crippen MR) is 45.4 cm³/mol. The van der Waals surface area contributed by atoms with Crippen molar-refractivity contribution in [2.24, 2.45) is 0 Å². The standard InChI is InChI=1S/C10H14O/c1-2-6-9(5-1)11-10-7-3-4-8-10/h1,3,5,7,9-10H,2,4,6,8H2/t9-,10+. The highest BCUT2D eigenvalue weighted by atomic mass is 16.5. The second-order valence-corrected chi connectivity index (χ2v) is 3.22. The predicted octanol–water partition coefficient (Wildman–Crippen LogP) is 2.44. The van der Waals surface area contributed by atoms with Gasteiger partial charge in [0.2, 0.25) is 0 Å². The third kappa shape index (κ3) is 1.72. The largest absolute Gasteiger partial charge is 0.367 e. The van der Waals surface area contributed by atoms with E-state index in [1.54, 1.807) is 0 Å². The second-order valence-electron chi connectivity index (χ2n) is 3.22. The van der Waals surface area contributed by atoms with E-state index in [1.165, 1.54) is 25.7 Å². The maximum absolute atomic E-state index is 5.80. The zero-order valence-corrected chi connectivity index (χ0v) is 6.70. The minimum Gasteiger partial charge on any atom is -0.367 e. The Labute approximate surface area is 67.7 Å². The summed E-state index contributed by atoms with van der Waals surface area (Å²) in [6.45, 7) is 0. The van der Waals surface area contributed by atoms with Gasteiger partial charge < -0.3 is 4.74 Å². The van der Waals surface area contributed by atoms with Gasteiger partial charge in [0.1, 0.15) is 0 Å². The molecule has 11 heavy (non-hydrogen) atoms. The average Bonchev–Trinajstić information content (AvgIpc) is 2.60. The summed E-state index contributed by atoms with van der Waals surface area (Å²) in [7, 11) is 0. The first-order valence-corrected chi connectivity index (χ1v) is 4.44. The molecule has 0 spiro atoms. The number of rotatable bonds is 2. The van der Waals surface area contributed by atoms with Gasteiger partial charge in [-0.2, -0.15) is 0 Å². The van der Waals surface area contributed by atoms with Crippen LogP contribution >= 0.6 is 0 Å². The SMILES string of the molecule is C1=C[C@@H](O[C@H]2C=CCC2)CC1. The van der Waals surface area contributed by atoms with Crippen LogP contribution in [0.15, 0.2) is 24.3 Å². The molecular weight excluding hydrogens is 136 g/mol. The molecule has 2 aliphatic rings. The van der Waals surface area contributed by atoms with Crippen molar-refractivity contribution in [3.8, 4) is 0 Å². The highest BCUT2D eigenvalue weighted by Gasteiger charge is 2.16. The van der Waals surface area contributed by atoms with Crippen LogP contribution in [0.1, 0.15) is 25.7 Å². The van der Waals surface area contributed by atoms with Gasteiger partial charge in [-0.1, -0.05) is 24.3 Å². The third-order valence-corrected chi connectivity index (χ3v) is 2.29. The van der Waals surface area contributed by atoms with E-state index in [2.05, 4.69) is 24.3 Å². The second kappa shape index (κ2) is 3.22. The number of allylic oxidation sites excluding steroid dienone is 2. The molecule has 1 heteroatoms. The fourth-order valence-corrected chi connectivity index (χ4v) is 1.66. The van der Waals surface area contributed by atoms with Gasteiger partial charge in [-0.25, -0.2) is 0 Å². The van der Waals surface area contributed by atoms with Crippen molar-refractivity contribution in [2.45, 2.75) is 37.9 Å². The van der Waals surface area contributed by atoms with Gasteiger partial charge in [0.25, 0.3) is 0 Å². The van der Waals surface area contributed by atoms with Gasteiger partial charge >= 0.3 is 0 Å². The number of hydrogen-bond donors (Lipinski definition) is 0. The van der Waals surface area contributed by atoms with Crippen molar-refractivity contribution >= 4 is 0 Å². The molecule has 0 aliphatic heterocycles. The van der Waals surface area contributed by atoms with Crippen molar-refractivity contribution < 1.29 is 4.74 Å². The first-order chi connectivity index (χ1) is 5.45. The summed E-state index contributed by atoms with van der Waals surface area (Å²) in [4.78, 5) is 0. The topological polar surface area (TPSA) is 9.23 Å². The Balaban J connectivity index is 1.80. The quantitative estimate of drug-likeness (QED) is 0.549. The van der Waals surface area contributed by atoms with E-state index in [-0.39, 0.29) is 0 Å². The molecule has 0 aromatic carbocycles. The highest BCUT2D eigenvalue weighted by Crippen LogP contribution is 2.20. The van der Waals surface area contributed by atoms with Gasteiger partial charge in [-0.05, 0) is 25.7 Å². The normalized spacial score (nSPS) is 35.3. The molecule has 1 nitrogen and oxygen atoms in total. The Hall–Kier alpha value is -0.560. The highest BCUT2D eigenvalue weighted by molar-refractivity contribution is 5.02. The Morgan fingerprint density at radius 2 is 1.45 bits per heavy atom. The Bertz CT molecular complexity index is 161. The van der Waals surface area contributed by atoms with Crippen LogP contribution in [0.4, 0.5) is 0 Å². The van der Waals surface area contributed by atoms with Crippen LogP contribution in [0, 0.1) is 0 Å². The van der Waals surface area contributed by atoms with Crippen molar-refractivity contribution in [1.29, 1.82) is 0 Å². The first-order valence-electron chi connectivity index (χ1n) is 4.44. The molecule has 0 bridgehead atoms. The van der Waals surface area contributed by atoms with Crippen LogP contribution < -0.4 is 0 Å². The van der Waals surface area contributed by atoms with Gasteiger partial charge in [0.05, 0.1) is 12.2 Å². The number of hydrogen-bond acceptors (Lipinski definition) is 1. The van der Waals surface area contributed by atoms with E-state index in [4.69, 9.17) is 4.74 Å². The smallest absolute Gasteiger partial charge is 0.0766 e. The van der Waals surface area contributed by atoms with Gasteiger partial charge in [-0.15, -0.1) is 0 Å². The van der Waals surface area contributed by atoms with E-state index in [0.29, 0.717) is 12.2 Å². The molecule has 0 amide bonds. The molecular formula is C10H14O. The zero-order valence-electron chi connectivity index (χ0n) is 6.70. The molecule has 0 aromatic heterocycles. The van der Waals surface area contributed by atoms with Crippen LogP contribution in [-0.4, -0.2) is 12.2 Å². The minimum absolute atomic E-state index is 0.405. The molecule has 0 saturated heterocycles. The third-order valence-electron chi connectivity index (χ3n) is 2.29. The van der Waals surface area contributed by atoms with Crippen molar-refractivity contribution in [1.82, 2.24) is 0 Å². The maximum Gasteiger partial charge on any atom is 0.0766 e. The summed E-state index contributed by atoms with van der Waals surface area (Å²) in [5, 5.41) is 0. The van der Waals surface area contributed by atoms with Gasteiger partial charge in [0.15, 0.2) is 0 Å².